The van der Waals surface area contributed by atoms with Gasteiger partial charge in [-0.3, -0.25) is 4.79 Å². The number of thiol groups is 1. The van der Waals surface area contributed by atoms with E-state index in [1.807, 2.05) is 37.3 Å². The van der Waals surface area contributed by atoms with E-state index in [-0.39, 0.29) is 10.6 Å². The molecule has 0 radical (unpaired) electrons. The third kappa shape index (κ3) is 3.68. The SMILES string of the molecule is Cc1ccc(N2C(S)=C(C#N)C(=O)NC2c2ccc(-c3cc(Cl)ccc3Cl)o2)cc1. The smallest absolute Gasteiger partial charge is 0.266 e. The zero-order valence-electron chi connectivity index (χ0n) is 15.7. The molecule has 3 aromatic rings. The maximum Gasteiger partial charge on any atom is 0.266 e. The predicted molar refractivity (Wildman–Crippen MR) is 120 cm³/mol. The lowest BCUT2D eigenvalue weighted by Crippen LogP contribution is -2.45. The Kier molecular flexibility index (Phi) is 5.52. The Hall–Kier alpha value is -2.85. The number of anilines is 1. The molecule has 2 aromatic carbocycles. The molecule has 1 unspecified atom stereocenters. The third-order valence-corrected chi connectivity index (χ3v) is 5.72. The molecule has 150 valence electrons. The molecule has 1 aliphatic heterocycles. The average Bonchev–Trinajstić information content (AvgIpc) is 3.20. The number of carbonyl (C=O) groups is 1. The van der Waals surface area contributed by atoms with Gasteiger partial charge in [0.2, 0.25) is 0 Å². The van der Waals surface area contributed by atoms with Crippen molar-refractivity contribution in [1.82, 2.24) is 5.32 Å². The largest absolute Gasteiger partial charge is 0.457 e. The number of hydrogen-bond donors (Lipinski definition) is 2. The molecule has 1 aromatic heterocycles. The number of amides is 1. The molecule has 1 aliphatic rings. The summed E-state index contributed by atoms with van der Waals surface area (Å²) in [6, 6.07) is 18.2. The molecule has 30 heavy (non-hydrogen) atoms. The summed E-state index contributed by atoms with van der Waals surface area (Å²) in [5, 5.41) is 13.5. The van der Waals surface area contributed by atoms with Crippen molar-refractivity contribution in [1.29, 1.82) is 5.26 Å². The van der Waals surface area contributed by atoms with Crippen molar-refractivity contribution in [3.63, 3.8) is 0 Å². The zero-order chi connectivity index (χ0) is 21.4. The molecule has 1 amide bonds. The van der Waals surface area contributed by atoms with Crippen LogP contribution in [0.3, 0.4) is 0 Å². The van der Waals surface area contributed by atoms with Crippen molar-refractivity contribution in [2.75, 3.05) is 4.90 Å². The fourth-order valence-corrected chi connectivity index (χ4v) is 3.98. The van der Waals surface area contributed by atoms with Crippen molar-refractivity contribution in [3.8, 4) is 17.4 Å². The van der Waals surface area contributed by atoms with E-state index >= 15 is 0 Å². The number of halogens is 2. The fourth-order valence-electron chi connectivity index (χ4n) is 3.21. The molecule has 4 rings (SSSR count). The van der Waals surface area contributed by atoms with Crippen LogP contribution in [-0.2, 0) is 4.79 Å². The van der Waals surface area contributed by atoms with E-state index in [2.05, 4.69) is 17.9 Å². The summed E-state index contributed by atoms with van der Waals surface area (Å²) in [6.07, 6.45) is -0.698. The summed E-state index contributed by atoms with van der Waals surface area (Å²) in [5.74, 6) is 0.444. The maximum atomic E-state index is 12.5. The minimum Gasteiger partial charge on any atom is -0.457 e. The van der Waals surface area contributed by atoms with Gasteiger partial charge in [-0.1, -0.05) is 40.9 Å². The number of furan rings is 1. The molecule has 0 fully saturated rings. The van der Waals surface area contributed by atoms with E-state index in [1.54, 1.807) is 35.2 Å². The Morgan fingerprint density at radius 2 is 1.87 bits per heavy atom. The fraction of sp³-hybridized carbons (Fsp3) is 0.0909. The van der Waals surface area contributed by atoms with E-state index in [4.69, 9.17) is 27.6 Å². The normalized spacial score (nSPS) is 16.4. The van der Waals surface area contributed by atoms with Gasteiger partial charge in [-0.2, -0.15) is 5.26 Å². The lowest BCUT2D eigenvalue weighted by molar-refractivity contribution is -0.118. The van der Waals surface area contributed by atoms with Crippen LogP contribution in [0.4, 0.5) is 5.69 Å². The van der Waals surface area contributed by atoms with Crippen LogP contribution >= 0.6 is 35.8 Å². The van der Waals surface area contributed by atoms with Gasteiger partial charge in [-0.15, -0.1) is 12.6 Å². The Morgan fingerprint density at radius 1 is 1.13 bits per heavy atom. The first-order chi connectivity index (χ1) is 14.4. The lowest BCUT2D eigenvalue weighted by atomic mass is 10.1. The van der Waals surface area contributed by atoms with E-state index in [0.29, 0.717) is 27.1 Å². The molecule has 2 heterocycles. The van der Waals surface area contributed by atoms with Crippen LogP contribution in [0, 0.1) is 18.3 Å². The Labute approximate surface area is 188 Å². The lowest BCUT2D eigenvalue weighted by Gasteiger charge is -2.36. The van der Waals surface area contributed by atoms with E-state index in [9.17, 15) is 10.1 Å². The number of nitriles is 1. The van der Waals surface area contributed by atoms with Gasteiger partial charge in [-0.05, 0) is 49.4 Å². The quantitative estimate of drug-likeness (QED) is 0.485. The average molecular weight is 456 g/mol. The van der Waals surface area contributed by atoms with Crippen molar-refractivity contribution < 1.29 is 9.21 Å². The van der Waals surface area contributed by atoms with Gasteiger partial charge in [0.05, 0.1) is 10.1 Å². The third-order valence-electron chi connectivity index (χ3n) is 4.72. The predicted octanol–water partition coefficient (Wildman–Crippen LogP) is 5.86. The van der Waals surface area contributed by atoms with Crippen LogP contribution in [0.15, 0.2) is 69.6 Å². The molecule has 0 saturated heterocycles. The van der Waals surface area contributed by atoms with Crippen molar-refractivity contribution in [2.24, 2.45) is 0 Å². The summed E-state index contributed by atoms with van der Waals surface area (Å²) in [4.78, 5) is 14.2. The highest BCUT2D eigenvalue weighted by molar-refractivity contribution is 7.84. The topological polar surface area (TPSA) is 69.3 Å². The molecular weight excluding hydrogens is 441 g/mol. The molecule has 1 N–H and O–H groups in total. The number of nitrogens with zero attached hydrogens (tertiary/aromatic N) is 2. The summed E-state index contributed by atoms with van der Waals surface area (Å²) in [6.45, 7) is 1.98. The summed E-state index contributed by atoms with van der Waals surface area (Å²) in [5.41, 5.74) is 2.40. The number of aryl methyl sites for hydroxylation is 1. The summed E-state index contributed by atoms with van der Waals surface area (Å²) in [7, 11) is 0. The van der Waals surface area contributed by atoms with Gasteiger partial charge >= 0.3 is 0 Å². The molecule has 0 aliphatic carbocycles. The van der Waals surface area contributed by atoms with Gasteiger partial charge in [-0.25, -0.2) is 0 Å². The highest BCUT2D eigenvalue weighted by atomic mass is 35.5. The van der Waals surface area contributed by atoms with Gasteiger partial charge < -0.3 is 14.6 Å². The second-order valence-corrected chi connectivity index (χ2v) is 7.99. The van der Waals surface area contributed by atoms with Crippen LogP contribution in [0.1, 0.15) is 17.5 Å². The number of hydrogen-bond acceptors (Lipinski definition) is 5. The standard InChI is InChI=1S/C22H15Cl2N3O2S/c1-12-2-5-14(6-3-12)27-20(26-21(28)16(11-25)22(27)30)19-9-8-18(29-19)15-10-13(23)4-7-17(15)24/h2-10,20,30H,1H3,(H,26,28). The first-order valence-corrected chi connectivity index (χ1v) is 10.1. The van der Waals surface area contributed by atoms with Gasteiger partial charge in [0.1, 0.15) is 23.2 Å². The van der Waals surface area contributed by atoms with Crippen LogP contribution in [-0.4, -0.2) is 5.91 Å². The van der Waals surface area contributed by atoms with Crippen molar-refractivity contribution in [2.45, 2.75) is 13.1 Å². The van der Waals surface area contributed by atoms with Gasteiger partial charge in [0.25, 0.3) is 5.91 Å². The number of benzene rings is 2. The van der Waals surface area contributed by atoms with E-state index < -0.39 is 12.1 Å². The monoisotopic (exact) mass is 455 g/mol. The van der Waals surface area contributed by atoms with Crippen LogP contribution in [0.2, 0.25) is 10.0 Å². The Morgan fingerprint density at radius 3 is 2.57 bits per heavy atom. The van der Waals surface area contributed by atoms with E-state index in [1.165, 1.54) is 0 Å². The van der Waals surface area contributed by atoms with Crippen LogP contribution in [0.25, 0.3) is 11.3 Å². The number of carbonyl (C=O) groups excluding carboxylic acids is 1. The zero-order valence-corrected chi connectivity index (χ0v) is 18.1. The minimum absolute atomic E-state index is 0.0696. The first kappa shape index (κ1) is 20.4. The molecule has 1 atom stereocenters. The highest BCUT2D eigenvalue weighted by Crippen LogP contribution is 2.38. The Balaban J connectivity index is 1.81. The van der Waals surface area contributed by atoms with Crippen LogP contribution < -0.4 is 10.2 Å². The molecule has 5 nitrogen and oxygen atoms in total. The highest BCUT2D eigenvalue weighted by Gasteiger charge is 2.35. The maximum absolute atomic E-state index is 12.5. The second kappa shape index (κ2) is 8.11. The Bertz CT molecular complexity index is 1210. The number of nitrogens with one attached hydrogen (secondary N) is 1. The summed E-state index contributed by atoms with van der Waals surface area (Å²) >= 11 is 16.9. The van der Waals surface area contributed by atoms with Crippen molar-refractivity contribution >= 4 is 47.4 Å². The molecule has 8 heteroatoms. The van der Waals surface area contributed by atoms with Crippen molar-refractivity contribution in [3.05, 3.63) is 86.6 Å². The molecule has 0 bridgehead atoms. The molecule has 0 saturated carbocycles. The first-order valence-electron chi connectivity index (χ1n) is 8.94. The minimum atomic E-state index is -0.698. The molecular formula is C22H15Cl2N3O2S. The van der Waals surface area contributed by atoms with Gasteiger partial charge in [0, 0.05) is 16.3 Å². The molecule has 0 spiro atoms. The number of rotatable bonds is 3. The van der Waals surface area contributed by atoms with Gasteiger partial charge in [0.15, 0.2) is 6.17 Å². The van der Waals surface area contributed by atoms with Crippen LogP contribution in [0.5, 0.6) is 0 Å². The summed E-state index contributed by atoms with van der Waals surface area (Å²) < 4.78 is 6.05. The second-order valence-electron chi connectivity index (χ2n) is 6.72. The van der Waals surface area contributed by atoms with E-state index in [0.717, 1.165) is 11.3 Å².